The molecule has 65 valence electrons. The van der Waals surface area contributed by atoms with Crippen molar-refractivity contribution in [3.63, 3.8) is 0 Å². The van der Waals surface area contributed by atoms with Crippen LogP contribution in [-0.2, 0) is 4.74 Å². The van der Waals surface area contributed by atoms with Crippen LogP contribution in [0.1, 0.15) is 0 Å². The van der Waals surface area contributed by atoms with Crippen molar-refractivity contribution >= 4 is 0 Å². The second-order valence-electron chi connectivity index (χ2n) is 3.66. The Morgan fingerprint density at radius 1 is 0.923 bits per heavy atom. The smallest absolute Gasteiger partial charge is 0.0842 e. The number of allylic oxidation sites excluding steroid dienone is 4. The highest BCUT2D eigenvalue weighted by Gasteiger charge is 2.40. The van der Waals surface area contributed by atoms with Crippen LogP contribution in [0.25, 0.3) is 0 Å². The average Bonchev–Trinajstić information content (AvgIpc) is 2.56. The standard InChI is InChI=1S/C12H11O/c1-3-7-11-9(5-1)10-6-2-4-8-12(10)13-11/h1-5,7-12H. The van der Waals surface area contributed by atoms with Crippen LogP contribution in [0.4, 0.5) is 0 Å². The lowest BCUT2D eigenvalue weighted by atomic mass is 9.83. The van der Waals surface area contributed by atoms with Crippen molar-refractivity contribution in [3.05, 3.63) is 48.6 Å². The minimum atomic E-state index is 0.243. The Balaban J connectivity index is 1.95. The molecule has 3 rings (SSSR count). The Labute approximate surface area is 78.1 Å². The van der Waals surface area contributed by atoms with Gasteiger partial charge in [-0.05, 0) is 6.08 Å². The average molecular weight is 171 g/mol. The van der Waals surface area contributed by atoms with E-state index >= 15 is 0 Å². The van der Waals surface area contributed by atoms with Crippen molar-refractivity contribution in [3.8, 4) is 0 Å². The Hall–Kier alpha value is -1.08. The van der Waals surface area contributed by atoms with Gasteiger partial charge in [0.25, 0.3) is 0 Å². The van der Waals surface area contributed by atoms with Gasteiger partial charge in [0.2, 0.25) is 0 Å². The number of rotatable bonds is 0. The van der Waals surface area contributed by atoms with E-state index in [-0.39, 0.29) is 12.2 Å². The molecule has 1 fully saturated rings. The fraction of sp³-hybridized carbons (Fsp3) is 0.333. The molecule has 13 heavy (non-hydrogen) atoms. The molecule has 1 saturated heterocycles. The van der Waals surface area contributed by atoms with Gasteiger partial charge in [-0.3, -0.25) is 0 Å². The van der Waals surface area contributed by atoms with E-state index in [2.05, 4.69) is 36.5 Å². The molecule has 0 amide bonds. The summed E-state index contributed by atoms with van der Waals surface area (Å²) in [5.41, 5.74) is 0. The van der Waals surface area contributed by atoms with Crippen molar-refractivity contribution in [1.29, 1.82) is 0 Å². The van der Waals surface area contributed by atoms with Crippen LogP contribution in [0.5, 0.6) is 0 Å². The van der Waals surface area contributed by atoms with Crippen LogP contribution in [0.2, 0.25) is 0 Å². The molecular formula is C12H11O. The molecule has 4 atom stereocenters. The van der Waals surface area contributed by atoms with Gasteiger partial charge in [-0.25, -0.2) is 0 Å². The molecule has 0 aromatic rings. The second kappa shape index (κ2) is 2.71. The minimum absolute atomic E-state index is 0.243. The molecule has 0 bridgehead atoms. The molecule has 3 aliphatic rings. The highest BCUT2D eigenvalue weighted by molar-refractivity contribution is 5.25. The van der Waals surface area contributed by atoms with E-state index in [9.17, 15) is 0 Å². The zero-order chi connectivity index (χ0) is 8.67. The summed E-state index contributed by atoms with van der Waals surface area (Å²) in [6.07, 6.45) is 18.5. The first kappa shape index (κ1) is 7.34. The Morgan fingerprint density at radius 3 is 2.77 bits per heavy atom. The molecular weight excluding hydrogens is 160 g/mol. The number of ether oxygens (including phenoxy) is 1. The number of hydrogen-bond acceptors (Lipinski definition) is 1. The molecule has 0 aromatic heterocycles. The van der Waals surface area contributed by atoms with Crippen LogP contribution in [-0.4, -0.2) is 12.2 Å². The lowest BCUT2D eigenvalue weighted by molar-refractivity contribution is 0.0879. The van der Waals surface area contributed by atoms with Gasteiger partial charge in [0.05, 0.1) is 12.2 Å². The van der Waals surface area contributed by atoms with Gasteiger partial charge < -0.3 is 4.74 Å². The van der Waals surface area contributed by atoms with Gasteiger partial charge in [-0.15, -0.1) is 0 Å². The maximum absolute atomic E-state index is 5.86. The zero-order valence-electron chi connectivity index (χ0n) is 7.26. The number of hydrogen-bond donors (Lipinski definition) is 0. The third-order valence-electron chi connectivity index (χ3n) is 2.89. The predicted octanol–water partition coefficient (Wildman–Crippen LogP) is 2.04. The Bertz CT molecular complexity index is 290. The normalized spacial score (nSPS) is 44.9. The summed E-state index contributed by atoms with van der Waals surface area (Å²) in [7, 11) is 0. The summed E-state index contributed by atoms with van der Waals surface area (Å²) in [4.78, 5) is 0. The van der Waals surface area contributed by atoms with Gasteiger partial charge in [0, 0.05) is 11.8 Å². The van der Waals surface area contributed by atoms with Gasteiger partial charge in [-0.1, -0.05) is 42.5 Å². The maximum Gasteiger partial charge on any atom is 0.0842 e. The summed E-state index contributed by atoms with van der Waals surface area (Å²) < 4.78 is 5.86. The molecule has 0 spiro atoms. The molecule has 4 unspecified atom stereocenters. The van der Waals surface area contributed by atoms with Gasteiger partial charge in [0.15, 0.2) is 0 Å². The highest BCUT2D eigenvalue weighted by atomic mass is 16.5. The SMILES string of the molecule is [C]1=CC=CC2OC3C=CC=CC3C12. The lowest BCUT2D eigenvalue weighted by Crippen LogP contribution is -2.19. The molecule has 1 nitrogen and oxygen atoms in total. The van der Waals surface area contributed by atoms with Gasteiger partial charge in [0.1, 0.15) is 0 Å². The summed E-state index contributed by atoms with van der Waals surface area (Å²) in [6, 6.07) is 0. The maximum atomic E-state index is 5.86. The van der Waals surface area contributed by atoms with Crippen molar-refractivity contribution in [2.75, 3.05) is 0 Å². The zero-order valence-corrected chi connectivity index (χ0v) is 7.26. The summed E-state index contributed by atoms with van der Waals surface area (Å²) in [5, 5.41) is 0. The molecule has 1 radical (unpaired) electrons. The quantitative estimate of drug-likeness (QED) is 0.542. The first-order valence-electron chi connectivity index (χ1n) is 4.72. The first-order valence-corrected chi connectivity index (χ1v) is 4.72. The summed E-state index contributed by atoms with van der Waals surface area (Å²) in [5.74, 6) is 0.924. The molecule has 1 aliphatic heterocycles. The monoisotopic (exact) mass is 171 g/mol. The fourth-order valence-electron chi connectivity index (χ4n) is 2.25. The van der Waals surface area contributed by atoms with Gasteiger partial charge in [-0.2, -0.15) is 0 Å². The van der Waals surface area contributed by atoms with Gasteiger partial charge >= 0.3 is 0 Å². The highest BCUT2D eigenvalue weighted by Crippen LogP contribution is 2.38. The van der Waals surface area contributed by atoms with Crippen molar-refractivity contribution < 1.29 is 4.74 Å². The third kappa shape index (κ3) is 1.04. The van der Waals surface area contributed by atoms with Crippen LogP contribution in [0.3, 0.4) is 0 Å². The van der Waals surface area contributed by atoms with E-state index in [4.69, 9.17) is 4.74 Å². The number of fused-ring (bicyclic) bond motifs is 3. The minimum Gasteiger partial charge on any atom is -0.366 e. The van der Waals surface area contributed by atoms with Crippen LogP contribution in [0.15, 0.2) is 42.5 Å². The third-order valence-corrected chi connectivity index (χ3v) is 2.89. The summed E-state index contributed by atoms with van der Waals surface area (Å²) >= 11 is 0. The van der Waals surface area contributed by atoms with E-state index in [0.29, 0.717) is 11.8 Å². The van der Waals surface area contributed by atoms with E-state index in [1.807, 2.05) is 12.2 Å². The fourth-order valence-corrected chi connectivity index (χ4v) is 2.25. The molecule has 1 heteroatoms. The van der Waals surface area contributed by atoms with Crippen molar-refractivity contribution in [1.82, 2.24) is 0 Å². The Morgan fingerprint density at radius 2 is 1.77 bits per heavy atom. The molecule has 0 N–H and O–H groups in total. The second-order valence-corrected chi connectivity index (χ2v) is 3.66. The van der Waals surface area contributed by atoms with E-state index in [1.165, 1.54) is 0 Å². The summed E-state index contributed by atoms with van der Waals surface area (Å²) in [6.45, 7) is 0. The molecule has 1 heterocycles. The van der Waals surface area contributed by atoms with E-state index < -0.39 is 0 Å². The van der Waals surface area contributed by atoms with Crippen LogP contribution in [0, 0.1) is 17.9 Å². The predicted molar refractivity (Wildman–Crippen MR) is 50.9 cm³/mol. The largest absolute Gasteiger partial charge is 0.366 e. The van der Waals surface area contributed by atoms with Crippen LogP contribution >= 0.6 is 0 Å². The van der Waals surface area contributed by atoms with Crippen molar-refractivity contribution in [2.24, 2.45) is 11.8 Å². The van der Waals surface area contributed by atoms with E-state index in [1.54, 1.807) is 0 Å². The van der Waals surface area contributed by atoms with Crippen molar-refractivity contribution in [2.45, 2.75) is 12.2 Å². The lowest BCUT2D eigenvalue weighted by Gasteiger charge is -2.17. The van der Waals surface area contributed by atoms with Crippen LogP contribution < -0.4 is 0 Å². The first-order chi connectivity index (χ1) is 6.45. The Kier molecular flexibility index (Phi) is 1.53. The topological polar surface area (TPSA) is 9.23 Å². The van der Waals surface area contributed by atoms with E-state index in [0.717, 1.165) is 0 Å². The molecule has 0 aromatic carbocycles. The molecule has 2 aliphatic carbocycles. The molecule has 0 saturated carbocycles.